The van der Waals surface area contributed by atoms with Gasteiger partial charge in [-0.1, -0.05) is 6.08 Å². The van der Waals surface area contributed by atoms with Gasteiger partial charge in [-0.3, -0.25) is 4.79 Å². The highest BCUT2D eigenvalue weighted by molar-refractivity contribution is 5.78. The molecule has 0 saturated carbocycles. The maximum absolute atomic E-state index is 12.6. The molecular formula is C11H10FNO2. The van der Waals surface area contributed by atoms with Crippen molar-refractivity contribution in [3.8, 4) is 0 Å². The molecule has 0 radical (unpaired) electrons. The molecule has 1 aromatic heterocycles. The Bertz CT molecular complexity index is 411. The maximum Gasteiger partial charge on any atom is 0.307 e. The number of carbonyl (C=O) groups is 1. The Morgan fingerprint density at radius 2 is 2.33 bits per heavy atom. The van der Waals surface area contributed by atoms with Gasteiger partial charge in [-0.05, 0) is 36.1 Å². The molecule has 0 aliphatic heterocycles. The van der Waals surface area contributed by atoms with Gasteiger partial charge in [0.25, 0.3) is 0 Å². The monoisotopic (exact) mass is 207 g/mol. The number of pyridine rings is 1. The zero-order chi connectivity index (χ0) is 10.8. The third-order valence-corrected chi connectivity index (χ3v) is 2.56. The summed E-state index contributed by atoms with van der Waals surface area (Å²) in [5.41, 5.74) is 1.75. The van der Waals surface area contributed by atoms with Gasteiger partial charge in [-0.2, -0.15) is 4.39 Å². The second-order valence-electron chi connectivity index (χ2n) is 3.57. The fraction of sp³-hybridized carbons (Fsp3) is 0.273. The van der Waals surface area contributed by atoms with Crippen molar-refractivity contribution in [3.05, 3.63) is 35.9 Å². The molecule has 0 saturated heterocycles. The minimum atomic E-state index is -0.781. The summed E-state index contributed by atoms with van der Waals surface area (Å²) in [4.78, 5) is 14.3. The number of aromatic nitrogens is 1. The van der Waals surface area contributed by atoms with Crippen LogP contribution in [0.4, 0.5) is 4.39 Å². The van der Waals surface area contributed by atoms with E-state index in [9.17, 15) is 9.18 Å². The van der Waals surface area contributed by atoms with Crippen LogP contribution in [0, 0.1) is 11.9 Å². The lowest BCUT2D eigenvalue weighted by atomic mass is 10.0. The predicted octanol–water partition coefficient (Wildman–Crippen LogP) is 2.10. The van der Waals surface area contributed by atoms with Crippen LogP contribution in [-0.2, 0) is 4.79 Å². The Labute approximate surface area is 86.3 Å². The lowest BCUT2D eigenvalue weighted by Crippen LogP contribution is -2.09. The van der Waals surface area contributed by atoms with Crippen LogP contribution >= 0.6 is 0 Å². The number of nitrogens with zero attached hydrogens (tertiary/aromatic N) is 1. The maximum atomic E-state index is 12.6. The number of halogens is 1. The number of allylic oxidation sites excluding steroid dienone is 2. The van der Waals surface area contributed by atoms with E-state index in [2.05, 4.69) is 4.98 Å². The van der Waals surface area contributed by atoms with Crippen molar-refractivity contribution in [3.63, 3.8) is 0 Å². The molecule has 1 aliphatic rings. The summed E-state index contributed by atoms with van der Waals surface area (Å²) in [5.74, 6) is -1.64. The first-order chi connectivity index (χ1) is 7.16. The molecule has 1 aliphatic carbocycles. The molecule has 0 aromatic carbocycles. The van der Waals surface area contributed by atoms with E-state index in [0.29, 0.717) is 12.8 Å². The standard InChI is InChI=1S/C11H10FNO2/c12-10-4-3-9(6-13-10)7-1-2-8(5-7)11(14)15/h1,3-4,6,8H,2,5H2,(H,14,15). The van der Waals surface area contributed by atoms with E-state index in [0.717, 1.165) is 11.1 Å². The molecule has 15 heavy (non-hydrogen) atoms. The van der Waals surface area contributed by atoms with E-state index in [-0.39, 0.29) is 5.92 Å². The molecule has 0 bridgehead atoms. The van der Waals surface area contributed by atoms with Crippen molar-refractivity contribution in [1.82, 2.24) is 4.98 Å². The Balaban J connectivity index is 2.14. The van der Waals surface area contributed by atoms with Gasteiger partial charge in [0.05, 0.1) is 5.92 Å². The van der Waals surface area contributed by atoms with E-state index in [1.54, 1.807) is 6.07 Å². The summed E-state index contributed by atoms with van der Waals surface area (Å²) in [5, 5.41) is 8.81. The molecule has 0 spiro atoms. The summed E-state index contributed by atoms with van der Waals surface area (Å²) in [6, 6.07) is 2.91. The highest BCUT2D eigenvalue weighted by Gasteiger charge is 2.24. The first-order valence-electron chi connectivity index (χ1n) is 4.70. The van der Waals surface area contributed by atoms with Crippen molar-refractivity contribution < 1.29 is 14.3 Å². The lowest BCUT2D eigenvalue weighted by molar-refractivity contribution is -0.141. The smallest absolute Gasteiger partial charge is 0.307 e. The Morgan fingerprint density at radius 1 is 1.53 bits per heavy atom. The zero-order valence-corrected chi connectivity index (χ0v) is 7.98. The van der Waals surface area contributed by atoms with E-state index in [4.69, 9.17) is 5.11 Å². The van der Waals surface area contributed by atoms with Gasteiger partial charge < -0.3 is 5.11 Å². The number of rotatable bonds is 2. The average Bonchev–Trinajstić information content (AvgIpc) is 2.68. The number of carboxylic acids is 1. The molecule has 1 aromatic rings. The SMILES string of the molecule is O=C(O)C1CC=C(c2ccc(F)nc2)C1. The van der Waals surface area contributed by atoms with E-state index in [1.165, 1.54) is 12.3 Å². The highest BCUT2D eigenvalue weighted by atomic mass is 19.1. The van der Waals surface area contributed by atoms with E-state index >= 15 is 0 Å². The molecule has 2 rings (SSSR count). The van der Waals surface area contributed by atoms with Crippen LogP contribution in [-0.4, -0.2) is 16.1 Å². The minimum Gasteiger partial charge on any atom is -0.481 e. The van der Waals surface area contributed by atoms with Crippen molar-refractivity contribution in [2.24, 2.45) is 5.92 Å². The largest absolute Gasteiger partial charge is 0.481 e. The predicted molar refractivity (Wildman–Crippen MR) is 52.5 cm³/mol. The molecular weight excluding hydrogens is 197 g/mol. The van der Waals surface area contributed by atoms with Crippen LogP contribution in [0.3, 0.4) is 0 Å². The summed E-state index contributed by atoms with van der Waals surface area (Å²) in [6.45, 7) is 0. The molecule has 1 unspecified atom stereocenters. The fourth-order valence-corrected chi connectivity index (χ4v) is 1.71. The van der Waals surface area contributed by atoms with Gasteiger partial charge in [-0.25, -0.2) is 4.98 Å². The molecule has 1 heterocycles. The van der Waals surface area contributed by atoms with Crippen LogP contribution in [0.1, 0.15) is 18.4 Å². The van der Waals surface area contributed by atoms with E-state index in [1.807, 2.05) is 6.08 Å². The van der Waals surface area contributed by atoms with Crippen molar-refractivity contribution >= 4 is 11.5 Å². The molecule has 1 atom stereocenters. The van der Waals surface area contributed by atoms with Crippen LogP contribution < -0.4 is 0 Å². The number of carboxylic acid groups (broad SMARTS) is 1. The highest BCUT2D eigenvalue weighted by Crippen LogP contribution is 2.31. The topological polar surface area (TPSA) is 50.2 Å². The summed E-state index contributed by atoms with van der Waals surface area (Å²) in [6.07, 6.45) is 4.36. The normalized spacial score (nSPS) is 20.1. The molecule has 4 heteroatoms. The third kappa shape index (κ3) is 2.03. The molecule has 78 valence electrons. The van der Waals surface area contributed by atoms with Gasteiger partial charge >= 0.3 is 5.97 Å². The number of aliphatic carboxylic acids is 1. The van der Waals surface area contributed by atoms with Gasteiger partial charge in [0.1, 0.15) is 0 Å². The van der Waals surface area contributed by atoms with Gasteiger partial charge in [0.15, 0.2) is 0 Å². The van der Waals surface area contributed by atoms with Gasteiger partial charge in [0.2, 0.25) is 5.95 Å². The first kappa shape index (κ1) is 9.83. The Hall–Kier alpha value is -1.71. The Kier molecular flexibility index (Phi) is 2.49. The molecule has 1 N–H and O–H groups in total. The molecule has 0 fully saturated rings. The molecule has 3 nitrogen and oxygen atoms in total. The average molecular weight is 207 g/mol. The number of hydrogen-bond donors (Lipinski definition) is 1. The van der Waals surface area contributed by atoms with Crippen molar-refractivity contribution in [2.45, 2.75) is 12.8 Å². The molecule has 0 amide bonds. The summed E-state index contributed by atoms with van der Waals surface area (Å²) < 4.78 is 12.6. The van der Waals surface area contributed by atoms with Crippen LogP contribution in [0.15, 0.2) is 24.4 Å². The second kappa shape index (κ2) is 3.81. The van der Waals surface area contributed by atoms with Crippen LogP contribution in [0.25, 0.3) is 5.57 Å². The second-order valence-corrected chi connectivity index (χ2v) is 3.57. The first-order valence-corrected chi connectivity index (χ1v) is 4.70. The Morgan fingerprint density at radius 3 is 2.87 bits per heavy atom. The van der Waals surface area contributed by atoms with Crippen LogP contribution in [0.5, 0.6) is 0 Å². The quantitative estimate of drug-likeness (QED) is 0.755. The number of hydrogen-bond acceptors (Lipinski definition) is 2. The zero-order valence-electron chi connectivity index (χ0n) is 7.98. The minimum absolute atomic E-state index is 0.343. The fourth-order valence-electron chi connectivity index (χ4n) is 1.71. The van der Waals surface area contributed by atoms with E-state index < -0.39 is 11.9 Å². The van der Waals surface area contributed by atoms with Crippen LogP contribution in [0.2, 0.25) is 0 Å². The third-order valence-electron chi connectivity index (χ3n) is 2.56. The van der Waals surface area contributed by atoms with Crippen molar-refractivity contribution in [1.29, 1.82) is 0 Å². The summed E-state index contributed by atoms with van der Waals surface area (Å²) >= 11 is 0. The van der Waals surface area contributed by atoms with Gasteiger partial charge in [-0.15, -0.1) is 0 Å². The van der Waals surface area contributed by atoms with Gasteiger partial charge in [0, 0.05) is 6.20 Å². The summed E-state index contributed by atoms with van der Waals surface area (Å²) in [7, 11) is 0. The lowest BCUT2D eigenvalue weighted by Gasteiger charge is -2.04. The van der Waals surface area contributed by atoms with Crippen molar-refractivity contribution in [2.75, 3.05) is 0 Å².